The zero-order chi connectivity index (χ0) is 14.7. The van der Waals surface area contributed by atoms with Crippen molar-refractivity contribution in [1.82, 2.24) is 5.32 Å². The lowest BCUT2D eigenvalue weighted by Crippen LogP contribution is -2.23. The first-order valence-electron chi connectivity index (χ1n) is 6.94. The maximum absolute atomic E-state index is 12.1. The lowest BCUT2D eigenvalue weighted by atomic mass is 10.2. The first-order valence-corrected chi connectivity index (χ1v) is 7.75. The quantitative estimate of drug-likeness (QED) is 0.891. The maximum atomic E-state index is 12.1. The number of nitrogens with two attached hydrogens (primary N) is 1. The number of nitrogens with zero attached hydrogens (tertiary/aromatic N) is 2. The monoisotopic (exact) mass is 292 g/mol. The van der Waals surface area contributed by atoms with Gasteiger partial charge in [0.25, 0.3) is 5.91 Å². The Morgan fingerprint density at radius 1 is 1.65 bits per heavy atom. The summed E-state index contributed by atoms with van der Waals surface area (Å²) in [5.41, 5.74) is 6.76. The Bertz CT molecular complexity index is 546. The second-order valence-corrected chi connectivity index (χ2v) is 6.23. The Morgan fingerprint density at radius 3 is 2.95 bits per heavy atom. The molecule has 0 aliphatic carbocycles. The molecule has 0 saturated carbocycles. The molecule has 20 heavy (non-hydrogen) atoms. The molecular formula is C14H20N4OS. The fraction of sp³-hybridized carbons (Fsp3) is 0.571. The van der Waals surface area contributed by atoms with Gasteiger partial charge in [0.2, 0.25) is 0 Å². The highest BCUT2D eigenvalue weighted by Crippen LogP contribution is 2.39. The van der Waals surface area contributed by atoms with Crippen LogP contribution in [0.3, 0.4) is 0 Å². The van der Waals surface area contributed by atoms with Crippen molar-refractivity contribution in [3.05, 3.63) is 10.4 Å². The molecule has 1 saturated heterocycles. The zero-order valence-electron chi connectivity index (χ0n) is 11.9. The molecule has 0 spiro atoms. The number of nitriles is 1. The van der Waals surface area contributed by atoms with E-state index in [9.17, 15) is 10.1 Å². The number of rotatable bonds is 4. The Labute approximate surface area is 123 Å². The van der Waals surface area contributed by atoms with E-state index in [-0.39, 0.29) is 5.91 Å². The molecule has 0 bridgehead atoms. The van der Waals surface area contributed by atoms with Crippen LogP contribution in [0.2, 0.25) is 0 Å². The van der Waals surface area contributed by atoms with Crippen molar-refractivity contribution < 1.29 is 4.79 Å². The van der Waals surface area contributed by atoms with Crippen molar-refractivity contribution in [3.63, 3.8) is 0 Å². The predicted octanol–water partition coefficient (Wildman–Crippen LogP) is 2.19. The number of thiophene rings is 1. The fourth-order valence-electron chi connectivity index (χ4n) is 2.37. The molecule has 0 aromatic carbocycles. The summed E-state index contributed by atoms with van der Waals surface area (Å²) in [5, 5.41) is 13.0. The number of carbonyl (C=O) groups excluding carboxylic acids is 1. The third-order valence-electron chi connectivity index (χ3n) is 3.49. The van der Waals surface area contributed by atoms with E-state index in [1.165, 1.54) is 11.3 Å². The van der Waals surface area contributed by atoms with Gasteiger partial charge in [0.1, 0.15) is 21.5 Å². The van der Waals surface area contributed by atoms with Gasteiger partial charge in [0, 0.05) is 19.6 Å². The van der Waals surface area contributed by atoms with Gasteiger partial charge < -0.3 is 16.0 Å². The molecule has 5 nitrogen and oxygen atoms in total. The number of hydrogen-bond acceptors (Lipinski definition) is 5. The molecular weight excluding hydrogens is 272 g/mol. The Hall–Kier alpha value is -1.74. The van der Waals surface area contributed by atoms with Crippen LogP contribution in [0.5, 0.6) is 0 Å². The summed E-state index contributed by atoms with van der Waals surface area (Å²) in [6.07, 6.45) is 1.98. The number of hydrogen-bond donors (Lipinski definition) is 2. The average Bonchev–Trinajstić information content (AvgIpc) is 2.99. The van der Waals surface area contributed by atoms with Gasteiger partial charge in [-0.15, -0.1) is 11.3 Å². The van der Waals surface area contributed by atoms with Gasteiger partial charge in [-0.05, 0) is 18.8 Å². The normalized spacial score (nSPS) is 18.1. The smallest absolute Gasteiger partial charge is 0.263 e. The lowest BCUT2D eigenvalue weighted by molar-refractivity contribution is 0.0958. The van der Waals surface area contributed by atoms with E-state index >= 15 is 0 Å². The molecule has 6 heteroatoms. The van der Waals surface area contributed by atoms with Crippen molar-refractivity contribution >= 4 is 27.9 Å². The number of amides is 1. The minimum atomic E-state index is -0.177. The van der Waals surface area contributed by atoms with Gasteiger partial charge in [-0.2, -0.15) is 5.26 Å². The van der Waals surface area contributed by atoms with Crippen LogP contribution in [-0.4, -0.2) is 25.5 Å². The van der Waals surface area contributed by atoms with E-state index in [0.717, 1.165) is 30.9 Å². The topological polar surface area (TPSA) is 82.2 Å². The highest BCUT2D eigenvalue weighted by molar-refractivity contribution is 7.19. The standard InChI is InChI=1S/C14H20N4OS/c1-3-5-17-13(19)12-11(16)10(7-15)14(20-12)18-6-4-9(2)8-18/h9H,3-6,8,16H2,1-2H3,(H,17,19). The minimum absolute atomic E-state index is 0.177. The fourth-order valence-corrected chi connectivity index (χ4v) is 3.49. The van der Waals surface area contributed by atoms with Gasteiger partial charge in [-0.3, -0.25) is 4.79 Å². The van der Waals surface area contributed by atoms with Crippen LogP contribution in [0, 0.1) is 17.2 Å². The van der Waals surface area contributed by atoms with Crippen molar-refractivity contribution in [1.29, 1.82) is 5.26 Å². The van der Waals surface area contributed by atoms with E-state index in [4.69, 9.17) is 5.73 Å². The summed E-state index contributed by atoms with van der Waals surface area (Å²) in [6, 6.07) is 2.15. The van der Waals surface area contributed by atoms with Gasteiger partial charge in [-0.25, -0.2) is 0 Å². The third-order valence-corrected chi connectivity index (χ3v) is 4.76. The summed E-state index contributed by atoms with van der Waals surface area (Å²) in [6.45, 7) is 6.65. The maximum Gasteiger partial charge on any atom is 0.263 e. The van der Waals surface area contributed by atoms with E-state index in [0.29, 0.717) is 28.6 Å². The second kappa shape index (κ2) is 6.14. The largest absolute Gasteiger partial charge is 0.396 e. The van der Waals surface area contributed by atoms with Gasteiger partial charge in [0.15, 0.2) is 0 Å². The second-order valence-electron chi connectivity index (χ2n) is 5.23. The van der Waals surface area contributed by atoms with E-state index in [1.54, 1.807) is 0 Å². The van der Waals surface area contributed by atoms with Crippen LogP contribution in [0.4, 0.5) is 10.7 Å². The van der Waals surface area contributed by atoms with Crippen molar-refractivity contribution in [2.75, 3.05) is 30.3 Å². The summed E-state index contributed by atoms with van der Waals surface area (Å²) < 4.78 is 0. The number of nitrogens with one attached hydrogen (secondary N) is 1. The molecule has 1 aliphatic rings. The highest BCUT2D eigenvalue weighted by Gasteiger charge is 2.27. The summed E-state index contributed by atoms with van der Waals surface area (Å²) in [4.78, 5) is 14.7. The molecule has 1 amide bonds. The van der Waals surface area contributed by atoms with Crippen molar-refractivity contribution in [3.8, 4) is 6.07 Å². The Balaban J connectivity index is 2.30. The molecule has 2 rings (SSSR count). The van der Waals surface area contributed by atoms with E-state index in [2.05, 4.69) is 23.2 Å². The Morgan fingerprint density at radius 2 is 2.40 bits per heavy atom. The molecule has 1 unspecified atom stereocenters. The summed E-state index contributed by atoms with van der Waals surface area (Å²) in [7, 11) is 0. The molecule has 1 aliphatic heterocycles. The summed E-state index contributed by atoms with van der Waals surface area (Å²) in [5.74, 6) is 0.437. The highest BCUT2D eigenvalue weighted by atomic mass is 32.1. The van der Waals surface area contributed by atoms with Gasteiger partial charge in [0.05, 0.1) is 5.69 Å². The SMILES string of the molecule is CCCNC(=O)c1sc(N2CCC(C)C2)c(C#N)c1N. The van der Waals surface area contributed by atoms with Gasteiger partial charge in [-0.1, -0.05) is 13.8 Å². The zero-order valence-corrected chi connectivity index (χ0v) is 12.7. The molecule has 3 N–H and O–H groups in total. The molecule has 1 aromatic rings. The molecule has 0 radical (unpaired) electrons. The lowest BCUT2D eigenvalue weighted by Gasteiger charge is -2.15. The van der Waals surface area contributed by atoms with Crippen molar-refractivity contribution in [2.24, 2.45) is 5.92 Å². The minimum Gasteiger partial charge on any atom is -0.396 e. The van der Waals surface area contributed by atoms with Crippen LogP contribution in [0.1, 0.15) is 41.9 Å². The van der Waals surface area contributed by atoms with E-state index < -0.39 is 0 Å². The average molecular weight is 292 g/mol. The summed E-state index contributed by atoms with van der Waals surface area (Å²) >= 11 is 1.33. The molecule has 2 heterocycles. The van der Waals surface area contributed by atoms with Crippen LogP contribution in [-0.2, 0) is 0 Å². The predicted molar refractivity (Wildman–Crippen MR) is 82.1 cm³/mol. The first kappa shape index (κ1) is 14.7. The van der Waals surface area contributed by atoms with Crippen LogP contribution in [0.25, 0.3) is 0 Å². The number of anilines is 2. The third kappa shape index (κ3) is 2.73. The van der Waals surface area contributed by atoms with Crippen LogP contribution < -0.4 is 16.0 Å². The number of carbonyl (C=O) groups is 1. The first-order chi connectivity index (χ1) is 9.58. The van der Waals surface area contributed by atoms with Gasteiger partial charge >= 0.3 is 0 Å². The van der Waals surface area contributed by atoms with Crippen LogP contribution >= 0.6 is 11.3 Å². The molecule has 1 atom stereocenters. The Kier molecular flexibility index (Phi) is 4.50. The molecule has 1 fully saturated rings. The van der Waals surface area contributed by atoms with Crippen LogP contribution in [0.15, 0.2) is 0 Å². The molecule has 1 aromatic heterocycles. The van der Waals surface area contributed by atoms with Crippen molar-refractivity contribution in [2.45, 2.75) is 26.7 Å². The number of nitrogen functional groups attached to an aromatic ring is 1. The van der Waals surface area contributed by atoms with E-state index in [1.807, 2.05) is 6.92 Å². The molecule has 108 valence electrons.